The summed E-state index contributed by atoms with van der Waals surface area (Å²) in [7, 11) is -3.01. The van der Waals surface area contributed by atoms with E-state index in [-0.39, 0.29) is 53.7 Å². The van der Waals surface area contributed by atoms with Gasteiger partial charge in [0.1, 0.15) is 5.82 Å². The largest absolute Gasteiger partial charge is 0.352 e. The Morgan fingerprint density at radius 2 is 2.00 bits per heavy atom. The van der Waals surface area contributed by atoms with Crippen molar-refractivity contribution in [3.05, 3.63) is 35.6 Å². The Kier molecular flexibility index (Phi) is 4.89. The van der Waals surface area contributed by atoms with Crippen LogP contribution >= 0.6 is 0 Å². The fourth-order valence-electron chi connectivity index (χ4n) is 3.43. The molecule has 0 aromatic heterocycles. The highest BCUT2D eigenvalue weighted by Crippen LogP contribution is 2.31. The maximum atomic E-state index is 13.1. The third-order valence-corrected chi connectivity index (χ3v) is 6.55. The van der Waals surface area contributed by atoms with Gasteiger partial charge < -0.3 is 5.32 Å². The Bertz CT molecular complexity index is 708. The van der Waals surface area contributed by atoms with Gasteiger partial charge in [-0.25, -0.2) is 18.2 Å². The summed E-state index contributed by atoms with van der Waals surface area (Å²) >= 11 is 0. The number of carbonyl (C=O) groups excluding carboxylic acids is 1. The molecule has 2 fully saturated rings. The fourth-order valence-corrected chi connectivity index (χ4v) is 5.10. The number of amides is 1. The SMILES string of the molecule is CC1NNC(c2ccc(F)cc2)C1CC(=O)NC1CCS(=O)(=O)C1. The molecule has 2 saturated heterocycles. The number of benzene rings is 1. The van der Waals surface area contributed by atoms with E-state index in [0.717, 1.165) is 5.56 Å². The molecular formula is C16H22FN3O3S. The van der Waals surface area contributed by atoms with Crippen molar-refractivity contribution in [3.8, 4) is 0 Å². The van der Waals surface area contributed by atoms with Gasteiger partial charge in [-0.05, 0) is 31.0 Å². The Morgan fingerprint density at radius 1 is 1.29 bits per heavy atom. The Morgan fingerprint density at radius 3 is 2.62 bits per heavy atom. The lowest BCUT2D eigenvalue weighted by molar-refractivity contribution is -0.122. The maximum Gasteiger partial charge on any atom is 0.220 e. The first-order valence-electron chi connectivity index (χ1n) is 8.10. The second-order valence-corrected chi connectivity index (χ2v) is 8.87. The molecular weight excluding hydrogens is 333 g/mol. The predicted molar refractivity (Wildman–Crippen MR) is 88.2 cm³/mol. The average Bonchev–Trinajstić information content (AvgIpc) is 3.03. The molecule has 0 aliphatic carbocycles. The van der Waals surface area contributed by atoms with Crippen molar-refractivity contribution in [2.24, 2.45) is 5.92 Å². The first-order chi connectivity index (χ1) is 11.3. The molecule has 3 N–H and O–H groups in total. The van der Waals surface area contributed by atoms with Crippen LogP contribution in [-0.2, 0) is 14.6 Å². The van der Waals surface area contributed by atoms with Crippen LogP contribution in [0.25, 0.3) is 0 Å². The van der Waals surface area contributed by atoms with E-state index in [2.05, 4.69) is 16.2 Å². The van der Waals surface area contributed by atoms with E-state index in [9.17, 15) is 17.6 Å². The van der Waals surface area contributed by atoms with Crippen LogP contribution in [0.3, 0.4) is 0 Å². The Labute approximate surface area is 141 Å². The molecule has 0 radical (unpaired) electrons. The summed E-state index contributed by atoms with van der Waals surface area (Å²) in [5.74, 6) is -0.287. The van der Waals surface area contributed by atoms with Crippen LogP contribution in [0, 0.1) is 11.7 Å². The second-order valence-electron chi connectivity index (χ2n) is 6.64. The quantitative estimate of drug-likeness (QED) is 0.739. The molecule has 132 valence electrons. The van der Waals surface area contributed by atoms with Gasteiger partial charge in [-0.15, -0.1) is 0 Å². The van der Waals surface area contributed by atoms with Gasteiger partial charge in [0.05, 0.1) is 17.5 Å². The first kappa shape index (κ1) is 17.3. The molecule has 2 heterocycles. The smallest absolute Gasteiger partial charge is 0.220 e. The summed E-state index contributed by atoms with van der Waals surface area (Å²) in [4.78, 5) is 12.3. The molecule has 0 saturated carbocycles. The number of hydrogen-bond acceptors (Lipinski definition) is 5. The summed E-state index contributed by atoms with van der Waals surface area (Å²) in [6.45, 7) is 1.98. The zero-order valence-corrected chi connectivity index (χ0v) is 14.3. The first-order valence-corrected chi connectivity index (χ1v) is 9.92. The molecule has 2 aliphatic rings. The molecule has 0 bridgehead atoms. The van der Waals surface area contributed by atoms with E-state index in [4.69, 9.17) is 0 Å². The van der Waals surface area contributed by atoms with E-state index in [1.807, 2.05) is 6.92 Å². The number of sulfone groups is 1. The molecule has 1 aromatic rings. The highest BCUT2D eigenvalue weighted by atomic mass is 32.2. The lowest BCUT2D eigenvalue weighted by Crippen LogP contribution is -2.38. The Balaban J connectivity index is 1.63. The van der Waals surface area contributed by atoms with E-state index in [1.165, 1.54) is 12.1 Å². The van der Waals surface area contributed by atoms with E-state index in [0.29, 0.717) is 6.42 Å². The zero-order chi connectivity index (χ0) is 17.3. The van der Waals surface area contributed by atoms with E-state index < -0.39 is 9.84 Å². The third kappa shape index (κ3) is 3.93. The summed E-state index contributed by atoms with van der Waals surface area (Å²) < 4.78 is 36.1. The molecule has 2 aliphatic heterocycles. The summed E-state index contributed by atoms with van der Waals surface area (Å²) in [6.07, 6.45) is 0.756. The third-order valence-electron chi connectivity index (χ3n) is 4.78. The van der Waals surface area contributed by atoms with Gasteiger partial charge >= 0.3 is 0 Å². The molecule has 8 heteroatoms. The van der Waals surface area contributed by atoms with Crippen molar-refractivity contribution in [2.75, 3.05) is 11.5 Å². The maximum absolute atomic E-state index is 13.1. The average molecular weight is 355 g/mol. The van der Waals surface area contributed by atoms with Crippen LogP contribution in [0.4, 0.5) is 4.39 Å². The van der Waals surface area contributed by atoms with Gasteiger partial charge in [-0.2, -0.15) is 0 Å². The van der Waals surface area contributed by atoms with Crippen molar-refractivity contribution >= 4 is 15.7 Å². The topological polar surface area (TPSA) is 87.3 Å². The van der Waals surface area contributed by atoms with E-state index >= 15 is 0 Å². The molecule has 1 amide bonds. The van der Waals surface area contributed by atoms with Crippen LogP contribution in [0.15, 0.2) is 24.3 Å². The second kappa shape index (κ2) is 6.78. The summed E-state index contributed by atoms with van der Waals surface area (Å²) in [5.41, 5.74) is 7.19. The van der Waals surface area contributed by atoms with Crippen molar-refractivity contribution < 1.29 is 17.6 Å². The number of halogens is 1. The fraction of sp³-hybridized carbons (Fsp3) is 0.562. The highest BCUT2D eigenvalue weighted by molar-refractivity contribution is 7.91. The number of hydrazine groups is 1. The molecule has 24 heavy (non-hydrogen) atoms. The molecule has 6 nitrogen and oxygen atoms in total. The van der Waals surface area contributed by atoms with E-state index in [1.54, 1.807) is 12.1 Å². The number of rotatable bonds is 4. The van der Waals surface area contributed by atoms with Crippen LogP contribution in [0.2, 0.25) is 0 Å². The summed E-state index contributed by atoms with van der Waals surface area (Å²) in [5, 5.41) is 2.83. The normalized spacial score (nSPS) is 31.9. The van der Waals surface area contributed by atoms with Gasteiger partial charge in [0, 0.05) is 24.4 Å². The van der Waals surface area contributed by atoms with Crippen molar-refractivity contribution in [3.63, 3.8) is 0 Å². The summed E-state index contributed by atoms with van der Waals surface area (Å²) in [6, 6.07) is 5.91. The molecule has 4 atom stereocenters. The highest BCUT2D eigenvalue weighted by Gasteiger charge is 2.36. The molecule has 3 rings (SSSR count). The van der Waals surface area contributed by atoms with Crippen LogP contribution in [-0.4, -0.2) is 37.9 Å². The molecule has 1 aromatic carbocycles. The lowest BCUT2D eigenvalue weighted by atomic mass is 9.87. The van der Waals surface area contributed by atoms with Crippen LogP contribution in [0.5, 0.6) is 0 Å². The predicted octanol–water partition coefficient (Wildman–Crippen LogP) is 0.673. The monoisotopic (exact) mass is 355 g/mol. The zero-order valence-electron chi connectivity index (χ0n) is 13.5. The number of carbonyl (C=O) groups is 1. The minimum Gasteiger partial charge on any atom is -0.352 e. The number of hydrogen-bond donors (Lipinski definition) is 3. The minimum absolute atomic E-state index is 0.00604. The van der Waals surface area contributed by atoms with Crippen molar-refractivity contribution in [2.45, 2.75) is 37.9 Å². The van der Waals surface area contributed by atoms with Crippen LogP contribution < -0.4 is 16.2 Å². The van der Waals surface area contributed by atoms with Gasteiger partial charge in [0.25, 0.3) is 0 Å². The van der Waals surface area contributed by atoms with Gasteiger partial charge in [0.2, 0.25) is 5.91 Å². The van der Waals surface area contributed by atoms with Crippen LogP contribution in [0.1, 0.15) is 31.4 Å². The minimum atomic E-state index is -3.01. The standard InChI is InChI=1S/C16H22FN3O3S/c1-10-14(8-15(21)18-13-6-7-24(22,23)9-13)16(20-19-10)11-2-4-12(17)5-3-11/h2-5,10,13-14,16,19-20H,6-9H2,1H3,(H,18,21). The van der Waals surface area contributed by atoms with Crippen molar-refractivity contribution in [1.82, 2.24) is 16.2 Å². The van der Waals surface area contributed by atoms with Gasteiger partial charge in [-0.3, -0.25) is 10.2 Å². The number of nitrogens with one attached hydrogen (secondary N) is 3. The lowest BCUT2D eigenvalue weighted by Gasteiger charge is -2.22. The molecule has 4 unspecified atom stereocenters. The van der Waals surface area contributed by atoms with Gasteiger partial charge in [0.15, 0.2) is 9.84 Å². The van der Waals surface area contributed by atoms with Gasteiger partial charge in [-0.1, -0.05) is 12.1 Å². The van der Waals surface area contributed by atoms with Crippen molar-refractivity contribution in [1.29, 1.82) is 0 Å². The molecule has 0 spiro atoms. The Hall–Kier alpha value is -1.51.